The van der Waals surface area contributed by atoms with Crippen molar-refractivity contribution in [1.29, 1.82) is 0 Å². The van der Waals surface area contributed by atoms with Crippen molar-refractivity contribution in [3.63, 3.8) is 0 Å². The lowest BCUT2D eigenvalue weighted by Gasteiger charge is -2.03. The molecule has 0 N–H and O–H groups in total. The number of methoxy groups -OCH3 is 1. The van der Waals surface area contributed by atoms with Crippen molar-refractivity contribution in [2.24, 2.45) is 0 Å². The average molecular weight is 186 g/mol. The first-order valence-electron chi connectivity index (χ1n) is 3.61. The molecule has 4 heteroatoms. The molecule has 0 atom stereocenters. The largest absolute Gasteiger partial charge is 0.380 e. The molecule has 0 bridgehead atoms. The van der Waals surface area contributed by atoms with E-state index in [1.165, 1.54) is 13.2 Å². The molecule has 1 rings (SSSR count). The summed E-state index contributed by atoms with van der Waals surface area (Å²) in [7, 11) is 1.39. The maximum atomic E-state index is 13.2. The molecule has 0 saturated heterocycles. The summed E-state index contributed by atoms with van der Waals surface area (Å²) in [5, 5.41) is 0. The third-order valence-corrected chi connectivity index (χ3v) is 1.62. The summed E-state index contributed by atoms with van der Waals surface area (Å²) in [5.41, 5.74) is -0.374. The fraction of sp³-hybridized carbons (Fsp3) is 0.222. The van der Waals surface area contributed by atoms with Crippen molar-refractivity contribution in [2.75, 3.05) is 7.11 Å². The number of hydrogen-bond acceptors (Lipinski definition) is 2. The molecule has 0 radical (unpaired) electrons. The highest BCUT2D eigenvalue weighted by Crippen LogP contribution is 2.15. The van der Waals surface area contributed by atoms with Crippen LogP contribution in [0.3, 0.4) is 0 Å². The van der Waals surface area contributed by atoms with Crippen LogP contribution in [-0.4, -0.2) is 13.4 Å². The molecule has 0 amide bonds. The zero-order valence-corrected chi connectivity index (χ0v) is 7.01. The van der Waals surface area contributed by atoms with E-state index in [0.717, 1.165) is 6.07 Å². The van der Waals surface area contributed by atoms with Crippen molar-refractivity contribution in [3.05, 3.63) is 34.9 Å². The molecule has 70 valence electrons. The summed E-state index contributed by atoms with van der Waals surface area (Å²) < 4.78 is 30.6. The van der Waals surface area contributed by atoms with Crippen molar-refractivity contribution in [2.45, 2.75) is 6.61 Å². The topological polar surface area (TPSA) is 26.3 Å². The van der Waals surface area contributed by atoms with E-state index in [2.05, 4.69) is 4.74 Å². The zero-order valence-electron chi connectivity index (χ0n) is 7.01. The molecule has 0 aromatic heterocycles. The molecule has 0 aliphatic rings. The van der Waals surface area contributed by atoms with Crippen LogP contribution in [0.4, 0.5) is 8.78 Å². The highest BCUT2D eigenvalue weighted by Gasteiger charge is 2.12. The van der Waals surface area contributed by atoms with E-state index in [1.54, 1.807) is 0 Å². The molecule has 0 unspecified atom stereocenters. The first-order valence-corrected chi connectivity index (χ1v) is 3.61. The van der Waals surface area contributed by atoms with Gasteiger partial charge >= 0.3 is 0 Å². The molecular formula is C9H8F2O2. The fourth-order valence-electron chi connectivity index (χ4n) is 0.990. The Hall–Kier alpha value is -1.29. The van der Waals surface area contributed by atoms with Gasteiger partial charge in [-0.15, -0.1) is 0 Å². The molecule has 0 aliphatic heterocycles. The average Bonchev–Trinajstić information content (AvgIpc) is 2.11. The van der Waals surface area contributed by atoms with E-state index >= 15 is 0 Å². The van der Waals surface area contributed by atoms with Gasteiger partial charge in [0.05, 0.1) is 12.2 Å². The smallest absolute Gasteiger partial charge is 0.155 e. The van der Waals surface area contributed by atoms with Gasteiger partial charge in [0.25, 0.3) is 0 Å². The van der Waals surface area contributed by atoms with E-state index in [4.69, 9.17) is 0 Å². The number of carbonyl (C=O) groups excluding carboxylic acids is 1. The standard InChI is InChI=1S/C9H8F2O2/c1-13-5-6-2-3-8(10)7(4-12)9(6)11/h2-4H,5H2,1H3. The van der Waals surface area contributed by atoms with Crippen molar-refractivity contribution in [3.8, 4) is 0 Å². The number of ether oxygens (including phenoxy) is 1. The van der Waals surface area contributed by atoms with E-state index in [0.29, 0.717) is 0 Å². The number of hydrogen-bond donors (Lipinski definition) is 0. The van der Waals surface area contributed by atoms with Crippen LogP contribution in [0.1, 0.15) is 15.9 Å². The normalized spacial score (nSPS) is 10.1. The second-order valence-electron chi connectivity index (χ2n) is 2.49. The van der Waals surface area contributed by atoms with Crippen LogP contribution in [0.2, 0.25) is 0 Å². The van der Waals surface area contributed by atoms with E-state index in [-0.39, 0.29) is 18.5 Å². The van der Waals surface area contributed by atoms with Crippen molar-refractivity contribution < 1.29 is 18.3 Å². The molecule has 2 nitrogen and oxygen atoms in total. The Labute approximate surface area is 74.1 Å². The Morgan fingerprint density at radius 1 is 1.46 bits per heavy atom. The van der Waals surface area contributed by atoms with Gasteiger partial charge in [-0.1, -0.05) is 6.07 Å². The summed E-state index contributed by atoms with van der Waals surface area (Å²) >= 11 is 0. The predicted molar refractivity (Wildman–Crippen MR) is 42.5 cm³/mol. The summed E-state index contributed by atoms with van der Waals surface area (Å²) in [6.07, 6.45) is 0.157. The highest BCUT2D eigenvalue weighted by atomic mass is 19.1. The number of benzene rings is 1. The summed E-state index contributed by atoms with van der Waals surface area (Å²) in [6.45, 7) is 0.0208. The number of carbonyl (C=O) groups is 1. The Morgan fingerprint density at radius 3 is 2.69 bits per heavy atom. The molecule has 0 saturated carbocycles. The molecule has 1 aromatic carbocycles. The Balaban J connectivity index is 3.19. The van der Waals surface area contributed by atoms with Crippen LogP contribution in [0, 0.1) is 11.6 Å². The predicted octanol–water partition coefficient (Wildman–Crippen LogP) is 1.92. The second-order valence-corrected chi connectivity index (χ2v) is 2.49. The SMILES string of the molecule is COCc1ccc(F)c(C=O)c1F. The molecule has 0 spiro atoms. The second kappa shape index (κ2) is 4.09. The van der Waals surface area contributed by atoms with E-state index in [1.807, 2.05) is 0 Å². The molecular weight excluding hydrogens is 178 g/mol. The lowest BCUT2D eigenvalue weighted by atomic mass is 10.1. The number of halogens is 2. The van der Waals surface area contributed by atoms with Crippen LogP contribution in [-0.2, 0) is 11.3 Å². The minimum atomic E-state index is -0.854. The van der Waals surface area contributed by atoms with Gasteiger partial charge < -0.3 is 4.74 Å². The van der Waals surface area contributed by atoms with Gasteiger partial charge in [0, 0.05) is 12.7 Å². The van der Waals surface area contributed by atoms with Gasteiger partial charge in [0.2, 0.25) is 0 Å². The molecule has 13 heavy (non-hydrogen) atoms. The molecule has 0 heterocycles. The van der Waals surface area contributed by atoms with Gasteiger partial charge in [0.15, 0.2) is 6.29 Å². The third kappa shape index (κ3) is 1.89. The third-order valence-electron chi connectivity index (χ3n) is 1.62. The van der Waals surface area contributed by atoms with Crippen LogP contribution in [0.15, 0.2) is 12.1 Å². The minimum Gasteiger partial charge on any atom is -0.380 e. The van der Waals surface area contributed by atoms with Crippen molar-refractivity contribution in [1.82, 2.24) is 0 Å². The van der Waals surface area contributed by atoms with Crippen LogP contribution < -0.4 is 0 Å². The van der Waals surface area contributed by atoms with Gasteiger partial charge in [-0.25, -0.2) is 8.78 Å². The Morgan fingerprint density at radius 2 is 2.15 bits per heavy atom. The van der Waals surface area contributed by atoms with Crippen molar-refractivity contribution >= 4 is 6.29 Å². The Bertz CT molecular complexity index is 324. The quantitative estimate of drug-likeness (QED) is 0.674. The fourth-order valence-corrected chi connectivity index (χ4v) is 0.990. The summed E-state index contributed by atoms with van der Waals surface area (Å²) in [4.78, 5) is 10.3. The van der Waals surface area contributed by atoms with Gasteiger partial charge in [-0.05, 0) is 6.07 Å². The molecule has 0 aliphatic carbocycles. The molecule has 1 aromatic rings. The summed E-state index contributed by atoms with van der Waals surface area (Å²) in [5.74, 6) is -1.70. The first-order chi connectivity index (χ1) is 6.20. The summed E-state index contributed by atoms with van der Waals surface area (Å²) in [6, 6.07) is 2.29. The van der Waals surface area contributed by atoms with Gasteiger partial charge in [-0.3, -0.25) is 4.79 Å². The van der Waals surface area contributed by atoms with Crippen LogP contribution >= 0.6 is 0 Å². The maximum absolute atomic E-state index is 13.2. The van der Waals surface area contributed by atoms with E-state index in [9.17, 15) is 13.6 Å². The van der Waals surface area contributed by atoms with Crippen LogP contribution in [0.25, 0.3) is 0 Å². The monoisotopic (exact) mass is 186 g/mol. The van der Waals surface area contributed by atoms with Crippen LogP contribution in [0.5, 0.6) is 0 Å². The molecule has 0 fully saturated rings. The maximum Gasteiger partial charge on any atom is 0.155 e. The zero-order chi connectivity index (χ0) is 9.84. The lowest BCUT2D eigenvalue weighted by molar-refractivity contribution is 0.111. The van der Waals surface area contributed by atoms with E-state index < -0.39 is 17.2 Å². The van der Waals surface area contributed by atoms with Gasteiger partial charge in [0.1, 0.15) is 11.6 Å². The highest BCUT2D eigenvalue weighted by molar-refractivity contribution is 5.76. The number of aldehydes is 1. The lowest BCUT2D eigenvalue weighted by Crippen LogP contribution is -2.00. The minimum absolute atomic E-state index is 0.0208. The van der Waals surface area contributed by atoms with Gasteiger partial charge in [-0.2, -0.15) is 0 Å². The Kier molecular flexibility index (Phi) is 3.08. The number of rotatable bonds is 3. The first kappa shape index (κ1) is 9.80.